The summed E-state index contributed by atoms with van der Waals surface area (Å²) in [6, 6.07) is 21.6. The van der Waals surface area contributed by atoms with Crippen LogP contribution in [0.3, 0.4) is 0 Å². The SMILES string of the molecule is C/C(Br)=C/[C@@H](C)CO[Si](c1ccccc1)(c1ccccc1)C(C)(C)C. The van der Waals surface area contributed by atoms with E-state index in [4.69, 9.17) is 4.43 Å². The topological polar surface area (TPSA) is 9.23 Å². The van der Waals surface area contributed by atoms with Crippen molar-refractivity contribution in [1.82, 2.24) is 0 Å². The summed E-state index contributed by atoms with van der Waals surface area (Å²) in [6.45, 7) is 11.9. The molecule has 0 heterocycles. The Labute approximate surface area is 162 Å². The van der Waals surface area contributed by atoms with E-state index in [0.29, 0.717) is 5.92 Å². The second-order valence-electron chi connectivity index (χ2n) is 7.70. The van der Waals surface area contributed by atoms with Gasteiger partial charge in [0.15, 0.2) is 0 Å². The van der Waals surface area contributed by atoms with Gasteiger partial charge in [0.2, 0.25) is 0 Å². The zero-order valence-corrected chi connectivity index (χ0v) is 18.5. The van der Waals surface area contributed by atoms with E-state index in [9.17, 15) is 0 Å². The molecule has 1 nitrogen and oxygen atoms in total. The summed E-state index contributed by atoms with van der Waals surface area (Å²) in [5, 5.41) is 2.70. The molecule has 0 aliphatic rings. The van der Waals surface area contributed by atoms with Gasteiger partial charge in [-0.05, 0) is 32.7 Å². The molecule has 0 amide bonds. The molecule has 25 heavy (non-hydrogen) atoms. The molecular formula is C22H29BrOSi. The van der Waals surface area contributed by atoms with Gasteiger partial charge in [0.25, 0.3) is 8.32 Å². The largest absolute Gasteiger partial charge is 0.407 e. The molecule has 0 radical (unpaired) electrons. The van der Waals surface area contributed by atoms with Crippen molar-refractivity contribution in [3.8, 4) is 0 Å². The Morgan fingerprint density at radius 3 is 1.80 bits per heavy atom. The molecule has 2 aromatic carbocycles. The number of benzene rings is 2. The van der Waals surface area contributed by atoms with Crippen molar-refractivity contribution >= 4 is 34.6 Å². The third-order valence-electron chi connectivity index (χ3n) is 4.49. The Kier molecular flexibility index (Phi) is 6.84. The summed E-state index contributed by atoms with van der Waals surface area (Å²) in [6.07, 6.45) is 2.22. The molecule has 0 saturated heterocycles. The highest BCUT2D eigenvalue weighted by Gasteiger charge is 2.50. The van der Waals surface area contributed by atoms with Gasteiger partial charge in [-0.15, -0.1) is 0 Å². The number of halogens is 1. The Bertz CT molecular complexity index is 645. The van der Waals surface area contributed by atoms with Gasteiger partial charge in [-0.1, -0.05) is 110 Å². The van der Waals surface area contributed by atoms with Crippen molar-refractivity contribution in [3.63, 3.8) is 0 Å². The molecular weight excluding hydrogens is 388 g/mol. The normalized spacial score (nSPS) is 14.4. The fraction of sp³-hybridized carbons (Fsp3) is 0.364. The Morgan fingerprint density at radius 2 is 1.44 bits per heavy atom. The van der Waals surface area contributed by atoms with Gasteiger partial charge < -0.3 is 4.43 Å². The predicted octanol–water partition coefficient (Wildman–Crippen LogP) is 5.50. The molecule has 0 N–H and O–H groups in total. The van der Waals surface area contributed by atoms with E-state index in [1.54, 1.807) is 0 Å². The lowest BCUT2D eigenvalue weighted by atomic mass is 10.2. The Balaban J connectivity index is 2.55. The maximum absolute atomic E-state index is 6.90. The summed E-state index contributed by atoms with van der Waals surface area (Å²) < 4.78 is 8.06. The first-order valence-corrected chi connectivity index (χ1v) is 11.6. The van der Waals surface area contributed by atoms with E-state index in [-0.39, 0.29) is 5.04 Å². The highest BCUT2D eigenvalue weighted by atomic mass is 79.9. The summed E-state index contributed by atoms with van der Waals surface area (Å²) in [5.74, 6) is 0.362. The maximum atomic E-state index is 6.90. The Morgan fingerprint density at radius 1 is 1.00 bits per heavy atom. The molecule has 0 aromatic heterocycles. The Hall–Kier alpha value is -1.16. The van der Waals surface area contributed by atoms with E-state index in [1.807, 2.05) is 0 Å². The van der Waals surface area contributed by atoms with Crippen LogP contribution in [0.2, 0.25) is 5.04 Å². The van der Waals surface area contributed by atoms with Crippen molar-refractivity contribution in [3.05, 3.63) is 71.2 Å². The molecule has 3 heteroatoms. The number of rotatable bonds is 6. The van der Waals surface area contributed by atoms with Crippen LogP contribution in [0, 0.1) is 5.92 Å². The van der Waals surface area contributed by atoms with Gasteiger partial charge >= 0.3 is 0 Å². The van der Waals surface area contributed by atoms with Crippen LogP contribution < -0.4 is 10.4 Å². The lowest BCUT2D eigenvalue weighted by Crippen LogP contribution is -2.66. The van der Waals surface area contributed by atoms with Crippen LogP contribution in [0.25, 0.3) is 0 Å². The lowest BCUT2D eigenvalue weighted by molar-refractivity contribution is 0.267. The van der Waals surface area contributed by atoms with Crippen LogP contribution >= 0.6 is 15.9 Å². The highest BCUT2D eigenvalue weighted by molar-refractivity contribution is 9.11. The zero-order chi connectivity index (χ0) is 18.5. The van der Waals surface area contributed by atoms with Crippen LogP contribution in [0.15, 0.2) is 71.2 Å². The molecule has 0 aliphatic heterocycles. The monoisotopic (exact) mass is 416 g/mol. The molecule has 2 rings (SSSR count). The average Bonchev–Trinajstić information content (AvgIpc) is 2.55. The molecule has 2 aromatic rings. The van der Waals surface area contributed by atoms with Crippen molar-refractivity contribution < 1.29 is 4.43 Å². The predicted molar refractivity (Wildman–Crippen MR) is 115 cm³/mol. The van der Waals surface area contributed by atoms with E-state index in [2.05, 4.69) is 117 Å². The van der Waals surface area contributed by atoms with Crippen LogP contribution in [-0.2, 0) is 4.43 Å². The molecule has 134 valence electrons. The molecule has 1 atom stereocenters. The van der Waals surface area contributed by atoms with Crippen LogP contribution in [0.5, 0.6) is 0 Å². The molecule has 0 unspecified atom stereocenters. The van der Waals surface area contributed by atoms with E-state index < -0.39 is 8.32 Å². The maximum Gasteiger partial charge on any atom is 0.261 e. The van der Waals surface area contributed by atoms with E-state index in [1.165, 1.54) is 10.4 Å². The minimum Gasteiger partial charge on any atom is -0.407 e. The number of allylic oxidation sites excluding steroid dienone is 1. The molecule has 0 aliphatic carbocycles. The van der Waals surface area contributed by atoms with Gasteiger partial charge in [-0.25, -0.2) is 0 Å². The van der Waals surface area contributed by atoms with Crippen molar-refractivity contribution in [2.75, 3.05) is 6.61 Å². The first kappa shape index (κ1) is 20.2. The van der Waals surface area contributed by atoms with Crippen molar-refractivity contribution in [2.24, 2.45) is 5.92 Å². The first-order chi connectivity index (χ1) is 11.8. The summed E-state index contributed by atoms with van der Waals surface area (Å²) in [4.78, 5) is 0. The van der Waals surface area contributed by atoms with Gasteiger partial charge in [-0.2, -0.15) is 0 Å². The summed E-state index contributed by atoms with van der Waals surface area (Å²) in [7, 11) is -2.41. The highest BCUT2D eigenvalue weighted by Crippen LogP contribution is 2.37. The second kappa shape index (κ2) is 8.48. The van der Waals surface area contributed by atoms with E-state index >= 15 is 0 Å². The third-order valence-corrected chi connectivity index (χ3v) is 9.76. The molecule has 0 bridgehead atoms. The van der Waals surface area contributed by atoms with Gasteiger partial charge in [0.1, 0.15) is 0 Å². The molecule has 0 spiro atoms. The second-order valence-corrected chi connectivity index (χ2v) is 13.3. The van der Waals surface area contributed by atoms with Gasteiger partial charge in [0, 0.05) is 6.61 Å². The first-order valence-electron chi connectivity index (χ1n) is 8.86. The summed E-state index contributed by atoms with van der Waals surface area (Å²) in [5.41, 5.74) is 0. The molecule has 0 saturated carbocycles. The minimum atomic E-state index is -2.41. The fourth-order valence-electron chi connectivity index (χ4n) is 3.46. The number of hydrogen-bond donors (Lipinski definition) is 0. The average molecular weight is 417 g/mol. The quantitative estimate of drug-likeness (QED) is 0.564. The summed E-state index contributed by atoms with van der Waals surface area (Å²) >= 11 is 3.54. The van der Waals surface area contributed by atoms with Crippen LogP contribution in [0.1, 0.15) is 34.6 Å². The van der Waals surface area contributed by atoms with E-state index in [0.717, 1.165) is 11.1 Å². The molecule has 0 fully saturated rings. The fourth-order valence-corrected chi connectivity index (χ4v) is 8.58. The van der Waals surface area contributed by atoms with Crippen molar-refractivity contribution in [1.29, 1.82) is 0 Å². The zero-order valence-electron chi connectivity index (χ0n) is 15.9. The van der Waals surface area contributed by atoms with Gasteiger partial charge in [-0.3, -0.25) is 0 Å². The smallest absolute Gasteiger partial charge is 0.261 e. The minimum absolute atomic E-state index is 0.0303. The van der Waals surface area contributed by atoms with Crippen molar-refractivity contribution in [2.45, 2.75) is 39.7 Å². The standard InChI is InChI=1S/C22H29BrOSi/c1-18(16-19(2)23)17-24-25(22(3,4)5,20-12-8-6-9-13-20)21-14-10-7-11-15-21/h6-16,18H,17H2,1-5H3/b19-16-/t18-/m1/s1. The van der Waals surface area contributed by atoms with Gasteiger partial charge in [0.05, 0.1) is 0 Å². The number of hydrogen-bond acceptors (Lipinski definition) is 1. The lowest BCUT2D eigenvalue weighted by Gasteiger charge is -2.43. The van der Waals surface area contributed by atoms with Crippen LogP contribution in [0.4, 0.5) is 0 Å². The van der Waals surface area contributed by atoms with Crippen LogP contribution in [-0.4, -0.2) is 14.9 Å². The third kappa shape index (κ3) is 4.72.